The van der Waals surface area contributed by atoms with E-state index in [1.54, 1.807) is 18.2 Å². The number of sulfonamides is 1. The number of hydrogen-bond donors (Lipinski definition) is 1. The van der Waals surface area contributed by atoms with Gasteiger partial charge in [0.15, 0.2) is 0 Å². The van der Waals surface area contributed by atoms with Crippen LogP contribution < -0.4 is 0 Å². The minimum atomic E-state index is -3.89. The van der Waals surface area contributed by atoms with Crippen LogP contribution in [-0.2, 0) is 26.0 Å². The number of carboxylic acids is 1. The van der Waals surface area contributed by atoms with Crippen molar-refractivity contribution in [2.75, 3.05) is 20.2 Å². The summed E-state index contributed by atoms with van der Waals surface area (Å²) in [5.41, 5.74) is 1.69. The topological polar surface area (TPSA) is 100 Å². The number of benzene rings is 1. The zero-order valence-corrected chi connectivity index (χ0v) is 18.8. The average molecular weight is 473 g/mol. The number of aliphatic carboxylic acids is 1. The van der Waals surface area contributed by atoms with Gasteiger partial charge in [-0.1, -0.05) is 36.2 Å². The van der Waals surface area contributed by atoms with Gasteiger partial charge in [0.1, 0.15) is 4.90 Å². The first-order valence-electron chi connectivity index (χ1n) is 9.39. The number of rotatable bonds is 9. The van der Waals surface area contributed by atoms with Crippen molar-refractivity contribution in [3.8, 4) is 11.3 Å². The number of pyridine rings is 1. The predicted octanol–water partition coefficient (Wildman–Crippen LogP) is 3.73. The summed E-state index contributed by atoms with van der Waals surface area (Å²) in [6.45, 7) is 2.57. The third-order valence-corrected chi connectivity index (χ3v) is 7.68. The van der Waals surface area contributed by atoms with Crippen molar-refractivity contribution in [1.82, 2.24) is 9.29 Å². The summed E-state index contributed by atoms with van der Waals surface area (Å²) in [4.78, 5) is 15.7. The second-order valence-corrected chi connectivity index (χ2v) is 9.97. The van der Waals surface area contributed by atoms with E-state index in [-0.39, 0.29) is 27.6 Å². The molecule has 1 aromatic heterocycles. The van der Waals surface area contributed by atoms with E-state index in [1.807, 2.05) is 6.92 Å². The molecule has 0 bridgehead atoms. The van der Waals surface area contributed by atoms with Crippen LogP contribution in [0.1, 0.15) is 19.0 Å². The Bertz CT molecular complexity index is 1030. The largest absolute Gasteiger partial charge is 0.481 e. The van der Waals surface area contributed by atoms with E-state index in [1.165, 1.54) is 23.5 Å². The van der Waals surface area contributed by atoms with E-state index in [2.05, 4.69) is 4.98 Å². The summed E-state index contributed by atoms with van der Waals surface area (Å²) in [7, 11) is -2.43. The zero-order valence-electron chi connectivity index (χ0n) is 16.5. The molecule has 1 aromatic carbocycles. The van der Waals surface area contributed by atoms with Gasteiger partial charge in [-0.15, -0.1) is 0 Å². The number of ether oxygens (including phenoxy) is 1. The van der Waals surface area contributed by atoms with Crippen LogP contribution in [0.25, 0.3) is 11.3 Å². The van der Waals surface area contributed by atoms with E-state index in [0.717, 1.165) is 0 Å². The molecule has 2 heterocycles. The highest BCUT2D eigenvalue weighted by molar-refractivity contribution is 7.89. The summed E-state index contributed by atoms with van der Waals surface area (Å²) < 4.78 is 32.0. The normalized spacial score (nSPS) is 17.2. The maximum atomic E-state index is 12.9. The highest BCUT2D eigenvalue weighted by Gasteiger charge is 2.33. The maximum absolute atomic E-state index is 12.9. The van der Waals surface area contributed by atoms with Crippen LogP contribution in [0.2, 0.25) is 10.0 Å². The lowest BCUT2D eigenvalue weighted by atomic mass is 10.00. The molecule has 1 N–H and O–H groups in total. The molecule has 0 saturated carbocycles. The van der Waals surface area contributed by atoms with Gasteiger partial charge in [-0.05, 0) is 30.7 Å². The van der Waals surface area contributed by atoms with Gasteiger partial charge in [-0.2, -0.15) is 4.31 Å². The highest BCUT2D eigenvalue weighted by atomic mass is 35.5. The van der Waals surface area contributed by atoms with Gasteiger partial charge in [0.05, 0.1) is 34.4 Å². The van der Waals surface area contributed by atoms with E-state index < -0.39 is 21.9 Å². The molecule has 0 aliphatic carbocycles. The molecule has 1 fully saturated rings. The van der Waals surface area contributed by atoms with Gasteiger partial charge >= 0.3 is 5.97 Å². The molecule has 2 aromatic rings. The Morgan fingerprint density at radius 1 is 1.33 bits per heavy atom. The van der Waals surface area contributed by atoms with E-state index >= 15 is 0 Å². The van der Waals surface area contributed by atoms with Crippen molar-refractivity contribution in [2.24, 2.45) is 5.92 Å². The third kappa shape index (κ3) is 5.12. The van der Waals surface area contributed by atoms with Gasteiger partial charge in [-0.25, -0.2) is 8.42 Å². The Morgan fingerprint density at radius 2 is 1.97 bits per heavy atom. The molecule has 0 spiro atoms. The van der Waals surface area contributed by atoms with Gasteiger partial charge in [-0.3, -0.25) is 9.78 Å². The van der Waals surface area contributed by atoms with Crippen molar-refractivity contribution >= 4 is 39.2 Å². The van der Waals surface area contributed by atoms with Crippen LogP contribution in [0.5, 0.6) is 0 Å². The Hall–Kier alpha value is -1.71. The Morgan fingerprint density at radius 3 is 2.50 bits per heavy atom. The van der Waals surface area contributed by atoms with Gasteiger partial charge in [0.2, 0.25) is 10.0 Å². The van der Waals surface area contributed by atoms with Crippen molar-refractivity contribution in [3.05, 3.63) is 46.1 Å². The number of hydrogen-bond acceptors (Lipinski definition) is 5. The molecule has 1 aliphatic rings. The van der Waals surface area contributed by atoms with E-state index in [9.17, 15) is 18.3 Å². The molecule has 10 heteroatoms. The number of carboxylic acid groups (broad SMARTS) is 1. The lowest BCUT2D eigenvalue weighted by molar-refractivity contribution is -0.141. The van der Waals surface area contributed by atoms with E-state index in [4.69, 9.17) is 27.9 Å². The van der Waals surface area contributed by atoms with Crippen molar-refractivity contribution in [2.45, 2.75) is 30.8 Å². The number of epoxide rings is 1. The summed E-state index contributed by atoms with van der Waals surface area (Å²) in [6, 6.07) is 8.26. The number of halogens is 2. The summed E-state index contributed by atoms with van der Waals surface area (Å²) in [6.07, 6.45) is 0.679. The molecule has 2 unspecified atom stereocenters. The molecule has 1 saturated heterocycles. The molecule has 162 valence electrons. The first kappa shape index (κ1) is 23.0. The zero-order chi connectivity index (χ0) is 22.1. The third-order valence-electron chi connectivity index (χ3n) is 4.93. The monoisotopic (exact) mass is 472 g/mol. The number of likely N-dealkylation sites (N-methyl/N-ethyl adjacent to an activating group) is 1. The second kappa shape index (κ2) is 9.20. The van der Waals surface area contributed by atoms with Crippen molar-refractivity contribution in [3.63, 3.8) is 0 Å². The van der Waals surface area contributed by atoms with Crippen LogP contribution in [0, 0.1) is 5.92 Å². The molecule has 3 rings (SSSR count). The first-order chi connectivity index (χ1) is 14.1. The van der Waals surface area contributed by atoms with Gasteiger partial charge in [0, 0.05) is 31.3 Å². The lowest BCUT2D eigenvalue weighted by Crippen LogP contribution is -2.31. The molecular weight excluding hydrogens is 451 g/mol. The Labute approximate surface area is 185 Å². The molecule has 30 heavy (non-hydrogen) atoms. The first-order valence-corrected chi connectivity index (χ1v) is 11.6. The molecule has 0 radical (unpaired) electrons. The number of aromatic nitrogens is 1. The molecule has 1 aliphatic heterocycles. The maximum Gasteiger partial charge on any atom is 0.306 e. The quantitative estimate of drug-likeness (QED) is 0.558. The molecular formula is C20H22Cl2N2O5S. The van der Waals surface area contributed by atoms with Crippen LogP contribution >= 0.6 is 23.2 Å². The van der Waals surface area contributed by atoms with Crippen molar-refractivity contribution in [1.29, 1.82) is 0 Å². The number of nitrogens with zero attached hydrogens (tertiary/aromatic N) is 2. The average Bonchev–Trinajstić information content (AvgIpc) is 3.49. The van der Waals surface area contributed by atoms with Crippen LogP contribution in [0.15, 0.2) is 35.2 Å². The van der Waals surface area contributed by atoms with Crippen molar-refractivity contribution < 1.29 is 23.1 Å². The molecule has 0 amide bonds. The summed E-state index contributed by atoms with van der Waals surface area (Å²) >= 11 is 12.7. The summed E-state index contributed by atoms with van der Waals surface area (Å²) in [5.74, 6) is -1.40. The lowest BCUT2D eigenvalue weighted by Gasteiger charge is -2.18. The van der Waals surface area contributed by atoms with Crippen LogP contribution in [0.3, 0.4) is 0 Å². The Kier molecular flexibility index (Phi) is 7.04. The highest BCUT2D eigenvalue weighted by Crippen LogP contribution is 2.36. The van der Waals surface area contributed by atoms with E-state index in [0.29, 0.717) is 36.4 Å². The fraction of sp³-hybridized carbons (Fsp3) is 0.400. The van der Waals surface area contributed by atoms with Crippen LogP contribution in [0.4, 0.5) is 0 Å². The Balaban J connectivity index is 1.91. The predicted molar refractivity (Wildman–Crippen MR) is 114 cm³/mol. The van der Waals surface area contributed by atoms with Gasteiger partial charge < -0.3 is 9.84 Å². The standard InChI is InChI=1S/C20H22Cl2N2O5S/c1-3-12(20(25)26)7-14-5-4-6-18(23-14)13-8-16(21)19(17(22)9-13)30(27,28)24(2)10-15-11-29-15/h4-6,8-9,12,15H,3,7,10-11H2,1-2H3,(H,25,26). The minimum absolute atomic E-state index is 0.00904. The SMILES string of the molecule is CCC(Cc1cccc(-c2cc(Cl)c(S(=O)(=O)N(C)CC3CO3)c(Cl)c2)n1)C(=O)O. The minimum Gasteiger partial charge on any atom is -0.481 e. The molecule has 2 atom stereocenters. The number of carbonyl (C=O) groups is 1. The fourth-order valence-electron chi connectivity index (χ4n) is 3.08. The molecule has 7 nitrogen and oxygen atoms in total. The second-order valence-electron chi connectivity index (χ2n) is 7.17. The fourth-order valence-corrected chi connectivity index (χ4v) is 5.44. The van der Waals surface area contributed by atoms with Crippen LogP contribution in [-0.4, -0.2) is 55.1 Å². The smallest absolute Gasteiger partial charge is 0.306 e. The van der Waals surface area contributed by atoms with Gasteiger partial charge in [0.25, 0.3) is 0 Å². The summed E-state index contributed by atoms with van der Waals surface area (Å²) in [5, 5.41) is 9.25.